The highest BCUT2D eigenvalue weighted by molar-refractivity contribution is 9.10. The van der Waals surface area contributed by atoms with E-state index < -0.39 is 6.01 Å². The van der Waals surface area contributed by atoms with Crippen LogP contribution >= 0.6 is 15.9 Å². The Morgan fingerprint density at radius 3 is 2.64 bits per heavy atom. The summed E-state index contributed by atoms with van der Waals surface area (Å²) in [6.45, 7) is 2.11. The molecule has 1 heterocycles. The molecule has 0 saturated heterocycles. The summed E-state index contributed by atoms with van der Waals surface area (Å²) in [6, 6.07) is 0.969. The third-order valence-electron chi connectivity index (χ3n) is 2.31. The van der Waals surface area contributed by atoms with Crippen LogP contribution in [0, 0.1) is 6.01 Å². The van der Waals surface area contributed by atoms with Crippen molar-refractivity contribution < 1.29 is 8.81 Å². The molecule has 0 aromatic carbocycles. The molecule has 11 heavy (non-hydrogen) atoms. The minimum absolute atomic E-state index is 0.173. The first kappa shape index (κ1) is 7.35. The van der Waals surface area contributed by atoms with Crippen molar-refractivity contribution in [2.24, 2.45) is 0 Å². The van der Waals surface area contributed by atoms with Crippen LogP contribution in [0.3, 0.4) is 0 Å². The van der Waals surface area contributed by atoms with E-state index in [1.54, 1.807) is 0 Å². The Morgan fingerprint density at radius 2 is 2.27 bits per heavy atom. The van der Waals surface area contributed by atoms with E-state index in [1.165, 1.54) is 6.07 Å². The second-order valence-corrected chi connectivity index (χ2v) is 4.02. The Bertz CT molecular complexity index is 288. The summed E-state index contributed by atoms with van der Waals surface area (Å²) in [4.78, 5) is 0. The van der Waals surface area contributed by atoms with E-state index in [4.69, 9.17) is 4.42 Å². The zero-order valence-electron chi connectivity index (χ0n) is 6.16. The molecule has 0 bridgehead atoms. The Balaban J connectivity index is 2.44. The third kappa shape index (κ3) is 1.11. The molecule has 1 aromatic rings. The van der Waals surface area contributed by atoms with Gasteiger partial charge in [-0.2, -0.15) is 4.39 Å². The number of hydrogen-bond donors (Lipinski definition) is 0. The Morgan fingerprint density at radius 1 is 1.64 bits per heavy atom. The molecular weight excluding hydrogens is 211 g/mol. The van der Waals surface area contributed by atoms with E-state index in [2.05, 4.69) is 22.9 Å². The molecule has 0 unspecified atom stereocenters. The van der Waals surface area contributed by atoms with Crippen LogP contribution in [-0.2, 0) is 5.41 Å². The van der Waals surface area contributed by atoms with E-state index in [9.17, 15) is 4.39 Å². The zero-order chi connectivity index (χ0) is 8.06. The van der Waals surface area contributed by atoms with Gasteiger partial charge < -0.3 is 4.42 Å². The first-order chi connectivity index (χ1) is 5.12. The van der Waals surface area contributed by atoms with Crippen molar-refractivity contribution in [1.29, 1.82) is 0 Å². The standard InChI is InChI=1S/C8H8BrFO/c1-8(2-3-8)5-4-6(10)11-7(5)9/h4H,2-3H2,1H3. The van der Waals surface area contributed by atoms with Crippen LogP contribution in [0.5, 0.6) is 0 Å². The van der Waals surface area contributed by atoms with Crippen LogP contribution in [0.15, 0.2) is 15.2 Å². The average molecular weight is 219 g/mol. The molecular formula is C8H8BrFO. The minimum atomic E-state index is -0.500. The fourth-order valence-corrected chi connectivity index (χ4v) is 1.96. The summed E-state index contributed by atoms with van der Waals surface area (Å²) in [5, 5.41) is 0. The maximum Gasteiger partial charge on any atom is 0.279 e. The predicted octanol–water partition coefficient (Wildman–Crippen LogP) is 3.23. The molecule has 60 valence electrons. The van der Waals surface area contributed by atoms with Crippen molar-refractivity contribution in [2.45, 2.75) is 25.2 Å². The van der Waals surface area contributed by atoms with E-state index >= 15 is 0 Å². The SMILES string of the molecule is CC1(c2cc(F)oc2Br)CC1. The van der Waals surface area contributed by atoms with Crippen molar-refractivity contribution in [3.63, 3.8) is 0 Å². The largest absolute Gasteiger partial charge is 0.424 e. The predicted molar refractivity (Wildman–Crippen MR) is 43.0 cm³/mol. The van der Waals surface area contributed by atoms with Crippen LogP contribution in [0.2, 0.25) is 0 Å². The molecule has 0 N–H and O–H groups in total. The average Bonchev–Trinajstić information content (AvgIpc) is 2.55. The van der Waals surface area contributed by atoms with E-state index in [0.29, 0.717) is 4.67 Å². The van der Waals surface area contributed by atoms with Gasteiger partial charge in [0.25, 0.3) is 6.01 Å². The molecule has 1 saturated carbocycles. The molecule has 0 amide bonds. The lowest BCUT2D eigenvalue weighted by Crippen LogP contribution is -1.97. The molecule has 0 spiro atoms. The Kier molecular flexibility index (Phi) is 1.40. The summed E-state index contributed by atoms with van der Waals surface area (Å²) >= 11 is 3.19. The smallest absolute Gasteiger partial charge is 0.279 e. The zero-order valence-corrected chi connectivity index (χ0v) is 7.74. The second-order valence-electron chi connectivity index (χ2n) is 3.30. The van der Waals surface area contributed by atoms with Crippen molar-refractivity contribution in [3.05, 3.63) is 22.3 Å². The van der Waals surface area contributed by atoms with Crippen LogP contribution in [-0.4, -0.2) is 0 Å². The fourth-order valence-electron chi connectivity index (χ4n) is 1.21. The van der Waals surface area contributed by atoms with Gasteiger partial charge in [0, 0.05) is 11.6 Å². The number of furan rings is 1. The minimum Gasteiger partial charge on any atom is -0.424 e. The molecule has 3 heteroatoms. The van der Waals surface area contributed by atoms with E-state index in [1.807, 2.05) is 0 Å². The van der Waals surface area contributed by atoms with Gasteiger partial charge in [-0.05, 0) is 34.2 Å². The Hall–Kier alpha value is -0.310. The van der Waals surface area contributed by atoms with Gasteiger partial charge >= 0.3 is 0 Å². The molecule has 0 atom stereocenters. The summed E-state index contributed by atoms with van der Waals surface area (Å²) in [5.41, 5.74) is 1.14. The first-order valence-electron chi connectivity index (χ1n) is 3.57. The van der Waals surface area contributed by atoms with Gasteiger partial charge in [0.2, 0.25) is 0 Å². The summed E-state index contributed by atoms with van der Waals surface area (Å²) in [5.74, 6) is 0. The molecule has 1 nitrogen and oxygen atoms in total. The van der Waals surface area contributed by atoms with Gasteiger partial charge in [0.1, 0.15) is 0 Å². The summed E-state index contributed by atoms with van der Waals surface area (Å²) in [7, 11) is 0. The number of halogens is 2. The van der Waals surface area contributed by atoms with Crippen LogP contribution in [0.4, 0.5) is 4.39 Å². The molecule has 0 aliphatic heterocycles. The van der Waals surface area contributed by atoms with Crippen molar-refractivity contribution in [2.75, 3.05) is 0 Å². The van der Waals surface area contributed by atoms with Crippen LogP contribution in [0.25, 0.3) is 0 Å². The monoisotopic (exact) mass is 218 g/mol. The second kappa shape index (κ2) is 2.09. The molecule has 0 radical (unpaired) electrons. The van der Waals surface area contributed by atoms with Crippen molar-refractivity contribution in [1.82, 2.24) is 0 Å². The van der Waals surface area contributed by atoms with Crippen molar-refractivity contribution >= 4 is 15.9 Å². The van der Waals surface area contributed by atoms with Gasteiger partial charge in [-0.15, -0.1) is 0 Å². The topological polar surface area (TPSA) is 13.1 Å². The van der Waals surface area contributed by atoms with Gasteiger partial charge in [-0.1, -0.05) is 6.92 Å². The maximum atomic E-state index is 12.5. The molecule has 1 fully saturated rings. The molecule has 2 rings (SSSR count). The van der Waals surface area contributed by atoms with Crippen molar-refractivity contribution in [3.8, 4) is 0 Å². The first-order valence-corrected chi connectivity index (χ1v) is 4.36. The molecule has 1 aliphatic carbocycles. The Labute approximate surface area is 72.7 Å². The van der Waals surface area contributed by atoms with Crippen LogP contribution < -0.4 is 0 Å². The van der Waals surface area contributed by atoms with E-state index in [-0.39, 0.29) is 5.41 Å². The highest BCUT2D eigenvalue weighted by Gasteiger charge is 2.42. The lowest BCUT2D eigenvalue weighted by atomic mass is 10.0. The highest BCUT2D eigenvalue weighted by atomic mass is 79.9. The fraction of sp³-hybridized carbons (Fsp3) is 0.500. The quantitative estimate of drug-likeness (QED) is 0.706. The molecule has 1 aliphatic rings. The third-order valence-corrected chi connectivity index (χ3v) is 2.90. The lowest BCUT2D eigenvalue weighted by molar-refractivity contribution is 0.346. The molecule has 1 aromatic heterocycles. The lowest BCUT2D eigenvalue weighted by Gasteiger charge is -2.02. The number of rotatable bonds is 1. The summed E-state index contributed by atoms with van der Waals surface area (Å²) in [6.07, 6.45) is 2.26. The van der Waals surface area contributed by atoms with Gasteiger partial charge in [-0.25, -0.2) is 0 Å². The van der Waals surface area contributed by atoms with Gasteiger partial charge in [0.05, 0.1) is 0 Å². The highest BCUT2D eigenvalue weighted by Crippen LogP contribution is 2.50. The van der Waals surface area contributed by atoms with Gasteiger partial charge in [0.15, 0.2) is 4.67 Å². The summed E-state index contributed by atoms with van der Waals surface area (Å²) < 4.78 is 17.8. The van der Waals surface area contributed by atoms with Gasteiger partial charge in [-0.3, -0.25) is 0 Å². The number of hydrogen-bond acceptors (Lipinski definition) is 1. The van der Waals surface area contributed by atoms with Crippen LogP contribution in [0.1, 0.15) is 25.3 Å². The normalized spacial score (nSPS) is 20.3. The van der Waals surface area contributed by atoms with E-state index in [0.717, 1.165) is 18.4 Å². The maximum absolute atomic E-state index is 12.5.